The van der Waals surface area contributed by atoms with Gasteiger partial charge in [0, 0.05) is 36.5 Å². The number of hydrogen-bond acceptors (Lipinski definition) is 1. The Kier molecular flexibility index (Phi) is 3.78. The third-order valence-corrected chi connectivity index (χ3v) is 3.80. The molecule has 1 fully saturated rings. The van der Waals surface area contributed by atoms with Gasteiger partial charge in [-0.3, -0.25) is 0 Å². The maximum absolute atomic E-state index is 2.50. The molecule has 0 radical (unpaired) electrons. The van der Waals surface area contributed by atoms with E-state index < -0.39 is 0 Å². The van der Waals surface area contributed by atoms with Crippen molar-refractivity contribution in [2.45, 2.75) is 25.8 Å². The summed E-state index contributed by atoms with van der Waals surface area (Å²) in [5.74, 6) is 0. The zero-order valence-corrected chi connectivity index (χ0v) is 11.3. The predicted molar refractivity (Wildman–Crippen MR) is 78.2 cm³/mol. The van der Waals surface area contributed by atoms with Crippen LogP contribution in [0.5, 0.6) is 0 Å². The van der Waals surface area contributed by atoms with Crippen molar-refractivity contribution in [2.24, 2.45) is 0 Å². The predicted octanol–water partition coefficient (Wildman–Crippen LogP) is 3.01. The van der Waals surface area contributed by atoms with Crippen LogP contribution in [0.15, 0.2) is 54.9 Å². The van der Waals surface area contributed by atoms with E-state index in [1.807, 2.05) is 0 Å². The molecule has 0 atom stereocenters. The van der Waals surface area contributed by atoms with Crippen molar-refractivity contribution >= 4 is 5.69 Å². The Balaban J connectivity index is 1.68. The molecule has 0 bridgehead atoms. The molecule has 0 N–H and O–H groups in total. The van der Waals surface area contributed by atoms with Crippen LogP contribution in [-0.2, 0) is 6.54 Å². The summed E-state index contributed by atoms with van der Waals surface area (Å²) >= 11 is 0. The molecule has 0 aliphatic carbocycles. The van der Waals surface area contributed by atoms with Crippen LogP contribution < -0.4 is 9.47 Å². The van der Waals surface area contributed by atoms with Gasteiger partial charge in [0.2, 0.25) is 0 Å². The molecule has 2 nitrogen and oxygen atoms in total. The van der Waals surface area contributed by atoms with Crippen LogP contribution in [-0.4, -0.2) is 13.1 Å². The molecule has 0 spiro atoms. The molecule has 1 aromatic carbocycles. The average molecular weight is 253 g/mol. The summed E-state index contributed by atoms with van der Waals surface area (Å²) in [4.78, 5) is 2.50. The van der Waals surface area contributed by atoms with Gasteiger partial charge < -0.3 is 4.90 Å². The highest BCUT2D eigenvalue weighted by Crippen LogP contribution is 2.17. The van der Waals surface area contributed by atoms with Crippen LogP contribution in [0.25, 0.3) is 0 Å². The molecule has 98 valence electrons. The Labute approximate surface area is 115 Å². The van der Waals surface area contributed by atoms with Crippen LogP contribution in [0.3, 0.4) is 0 Å². The van der Waals surface area contributed by atoms with Crippen LogP contribution in [0.2, 0.25) is 0 Å². The summed E-state index contributed by atoms with van der Waals surface area (Å²) in [6.45, 7) is 3.37. The number of rotatable bonds is 3. The van der Waals surface area contributed by atoms with Gasteiger partial charge in [-0.1, -0.05) is 30.3 Å². The van der Waals surface area contributed by atoms with Crippen LogP contribution in [0, 0.1) is 0 Å². The number of hydrogen-bond donors (Lipinski definition) is 0. The van der Waals surface area contributed by atoms with Gasteiger partial charge in [0.15, 0.2) is 18.9 Å². The summed E-state index contributed by atoms with van der Waals surface area (Å²) in [6.07, 6.45) is 8.43. The first-order valence-electron chi connectivity index (χ1n) is 7.20. The summed E-state index contributed by atoms with van der Waals surface area (Å²) < 4.78 is 2.24. The Morgan fingerprint density at radius 1 is 0.842 bits per heavy atom. The van der Waals surface area contributed by atoms with E-state index in [2.05, 4.69) is 64.3 Å². The number of nitrogens with zero attached hydrogens (tertiary/aromatic N) is 2. The van der Waals surface area contributed by atoms with E-state index >= 15 is 0 Å². The lowest BCUT2D eigenvalue weighted by molar-refractivity contribution is -0.688. The molecule has 1 aliphatic rings. The van der Waals surface area contributed by atoms with Crippen LogP contribution >= 0.6 is 0 Å². The molecule has 1 aliphatic heterocycles. The molecule has 2 aromatic rings. The van der Waals surface area contributed by atoms with Crippen molar-refractivity contribution in [3.63, 3.8) is 0 Å². The summed E-state index contributed by atoms with van der Waals surface area (Å²) in [5, 5.41) is 0. The third kappa shape index (κ3) is 3.14. The number of piperidine rings is 1. The van der Waals surface area contributed by atoms with E-state index in [1.165, 1.54) is 43.6 Å². The topological polar surface area (TPSA) is 7.12 Å². The first-order valence-corrected chi connectivity index (χ1v) is 7.20. The minimum Gasteiger partial charge on any atom is -0.371 e. The second-order valence-corrected chi connectivity index (χ2v) is 5.26. The summed E-state index contributed by atoms with van der Waals surface area (Å²) in [5.41, 5.74) is 2.71. The van der Waals surface area contributed by atoms with Crippen molar-refractivity contribution in [1.82, 2.24) is 0 Å². The largest absolute Gasteiger partial charge is 0.371 e. The number of anilines is 1. The zero-order chi connectivity index (χ0) is 12.9. The van der Waals surface area contributed by atoms with E-state index in [-0.39, 0.29) is 0 Å². The molecular weight excluding hydrogens is 232 g/mol. The molecule has 3 rings (SSSR count). The lowest BCUT2D eigenvalue weighted by Crippen LogP contribution is -2.35. The molecule has 0 unspecified atom stereocenters. The molecule has 1 aromatic heterocycles. The van der Waals surface area contributed by atoms with E-state index in [1.54, 1.807) is 0 Å². The van der Waals surface area contributed by atoms with E-state index in [9.17, 15) is 0 Å². The molecule has 1 saturated heterocycles. The Bertz CT molecular complexity index is 499. The van der Waals surface area contributed by atoms with Crippen molar-refractivity contribution in [1.29, 1.82) is 0 Å². The average Bonchev–Trinajstić information content (AvgIpc) is 2.50. The van der Waals surface area contributed by atoms with E-state index in [4.69, 9.17) is 0 Å². The highest BCUT2D eigenvalue weighted by atomic mass is 15.1. The molecule has 0 amide bonds. The van der Waals surface area contributed by atoms with Crippen molar-refractivity contribution in [3.8, 4) is 0 Å². The first kappa shape index (κ1) is 12.2. The van der Waals surface area contributed by atoms with Crippen molar-refractivity contribution < 1.29 is 4.57 Å². The van der Waals surface area contributed by atoms with Crippen molar-refractivity contribution in [2.75, 3.05) is 18.0 Å². The van der Waals surface area contributed by atoms with Crippen LogP contribution in [0.4, 0.5) is 5.69 Å². The monoisotopic (exact) mass is 253 g/mol. The van der Waals surface area contributed by atoms with Gasteiger partial charge in [0.05, 0.1) is 0 Å². The van der Waals surface area contributed by atoms with Crippen molar-refractivity contribution in [3.05, 3.63) is 60.4 Å². The second kappa shape index (κ2) is 5.87. The number of pyridine rings is 1. The smallest absolute Gasteiger partial charge is 0.173 e. The lowest BCUT2D eigenvalue weighted by Gasteiger charge is -2.28. The van der Waals surface area contributed by atoms with Gasteiger partial charge >= 0.3 is 0 Å². The molecule has 0 saturated carbocycles. The first-order chi connectivity index (χ1) is 9.42. The molecule has 19 heavy (non-hydrogen) atoms. The Morgan fingerprint density at radius 3 is 2.21 bits per heavy atom. The fourth-order valence-corrected chi connectivity index (χ4v) is 2.71. The number of aromatic nitrogens is 1. The van der Waals surface area contributed by atoms with Gasteiger partial charge in [0.1, 0.15) is 0 Å². The summed E-state index contributed by atoms with van der Waals surface area (Å²) in [6, 6.07) is 15.1. The van der Waals surface area contributed by atoms with Gasteiger partial charge in [-0.2, -0.15) is 0 Å². The van der Waals surface area contributed by atoms with Gasteiger partial charge in [-0.15, -0.1) is 0 Å². The molecule has 2 heterocycles. The standard InChI is InChI=1S/C17H21N2/c1-3-7-16(8-4-1)15-18-13-9-17(10-14-18)19-11-5-2-6-12-19/h1,3-4,7-10,13-14H,2,5-6,11-12,15H2/q+1. The highest BCUT2D eigenvalue weighted by molar-refractivity contribution is 5.43. The Morgan fingerprint density at radius 2 is 1.53 bits per heavy atom. The minimum atomic E-state index is 0.946. The van der Waals surface area contributed by atoms with Gasteiger partial charge in [0.25, 0.3) is 0 Å². The van der Waals surface area contributed by atoms with Gasteiger partial charge in [-0.05, 0) is 19.3 Å². The SMILES string of the molecule is c1ccc(C[n+]2ccc(N3CCCCC3)cc2)cc1. The maximum Gasteiger partial charge on any atom is 0.173 e. The highest BCUT2D eigenvalue weighted by Gasteiger charge is 2.12. The Hall–Kier alpha value is -1.83. The van der Waals surface area contributed by atoms with E-state index in [0.29, 0.717) is 0 Å². The van der Waals surface area contributed by atoms with E-state index in [0.717, 1.165) is 6.54 Å². The van der Waals surface area contributed by atoms with Crippen LogP contribution in [0.1, 0.15) is 24.8 Å². The molecule has 2 heteroatoms. The van der Waals surface area contributed by atoms with Gasteiger partial charge in [-0.25, -0.2) is 4.57 Å². The minimum absolute atomic E-state index is 0.946. The quantitative estimate of drug-likeness (QED) is 0.763. The lowest BCUT2D eigenvalue weighted by atomic mass is 10.1. The fourth-order valence-electron chi connectivity index (χ4n) is 2.71. The molecular formula is C17H21N2+. The fraction of sp³-hybridized carbons (Fsp3) is 0.353. The third-order valence-electron chi connectivity index (χ3n) is 3.80. The zero-order valence-electron chi connectivity index (χ0n) is 11.3. The summed E-state index contributed by atoms with van der Waals surface area (Å²) in [7, 11) is 0. The second-order valence-electron chi connectivity index (χ2n) is 5.26. The number of benzene rings is 1. The maximum atomic E-state index is 2.50. The normalized spacial score (nSPS) is 15.5.